The SMILES string of the molecule is CCC(=O)Oc1ccccc1.O=C(O)C(F)(F)F. The largest absolute Gasteiger partial charge is 0.490 e. The second-order valence-corrected chi connectivity index (χ2v) is 2.94. The minimum absolute atomic E-state index is 0.198. The monoisotopic (exact) mass is 264 g/mol. The zero-order chi connectivity index (χ0) is 14.2. The number of rotatable bonds is 2. The molecule has 0 unspecified atom stereocenters. The van der Waals surface area contributed by atoms with Gasteiger partial charge in [0.15, 0.2) is 0 Å². The van der Waals surface area contributed by atoms with Gasteiger partial charge in [0, 0.05) is 6.42 Å². The molecule has 0 aliphatic rings. The highest BCUT2D eigenvalue weighted by Gasteiger charge is 2.38. The molecule has 100 valence electrons. The van der Waals surface area contributed by atoms with E-state index in [1.54, 1.807) is 19.1 Å². The summed E-state index contributed by atoms with van der Waals surface area (Å²) < 4.78 is 36.7. The van der Waals surface area contributed by atoms with E-state index in [-0.39, 0.29) is 5.97 Å². The second-order valence-electron chi connectivity index (χ2n) is 2.94. The molecule has 1 aromatic carbocycles. The Morgan fingerprint density at radius 1 is 1.22 bits per heavy atom. The van der Waals surface area contributed by atoms with Crippen molar-refractivity contribution < 1.29 is 32.6 Å². The van der Waals surface area contributed by atoms with Crippen molar-refractivity contribution in [3.05, 3.63) is 30.3 Å². The molecule has 1 aromatic rings. The highest BCUT2D eigenvalue weighted by molar-refractivity contribution is 5.73. The summed E-state index contributed by atoms with van der Waals surface area (Å²) in [5.41, 5.74) is 0. The van der Waals surface area contributed by atoms with Crippen LogP contribution in [0.5, 0.6) is 5.75 Å². The lowest BCUT2D eigenvalue weighted by Crippen LogP contribution is -2.21. The number of hydrogen-bond donors (Lipinski definition) is 1. The third-order valence-electron chi connectivity index (χ3n) is 1.51. The zero-order valence-corrected chi connectivity index (χ0v) is 9.40. The molecule has 1 rings (SSSR count). The molecule has 0 aliphatic carbocycles. The van der Waals surface area contributed by atoms with Gasteiger partial charge in [0.25, 0.3) is 0 Å². The fourth-order valence-corrected chi connectivity index (χ4v) is 0.692. The number of para-hydroxylation sites is 1. The van der Waals surface area contributed by atoms with Crippen molar-refractivity contribution in [2.75, 3.05) is 0 Å². The Balaban J connectivity index is 0.000000360. The summed E-state index contributed by atoms with van der Waals surface area (Å²) in [7, 11) is 0. The summed E-state index contributed by atoms with van der Waals surface area (Å²) in [4.78, 5) is 19.7. The normalized spacial score (nSPS) is 10.0. The summed E-state index contributed by atoms with van der Waals surface area (Å²) in [6.45, 7) is 1.77. The van der Waals surface area contributed by atoms with Crippen molar-refractivity contribution in [3.63, 3.8) is 0 Å². The number of carbonyl (C=O) groups is 2. The third kappa shape index (κ3) is 7.26. The summed E-state index contributed by atoms with van der Waals surface area (Å²) in [6, 6.07) is 9.06. The fourth-order valence-electron chi connectivity index (χ4n) is 0.692. The van der Waals surface area contributed by atoms with Gasteiger partial charge in [-0.1, -0.05) is 25.1 Å². The first kappa shape index (κ1) is 16.0. The minimum atomic E-state index is -5.08. The van der Waals surface area contributed by atoms with Crippen LogP contribution in [-0.2, 0) is 9.59 Å². The van der Waals surface area contributed by atoms with Gasteiger partial charge in [0.1, 0.15) is 5.75 Å². The molecule has 0 saturated heterocycles. The molecule has 0 atom stereocenters. The summed E-state index contributed by atoms with van der Waals surface area (Å²) in [6.07, 6.45) is -4.67. The maximum Gasteiger partial charge on any atom is 0.490 e. The second kappa shape index (κ2) is 7.31. The van der Waals surface area contributed by atoms with Gasteiger partial charge >= 0.3 is 18.1 Å². The number of alkyl halides is 3. The van der Waals surface area contributed by atoms with Crippen molar-refractivity contribution in [1.29, 1.82) is 0 Å². The molecule has 0 heterocycles. The van der Waals surface area contributed by atoms with Gasteiger partial charge in [0.05, 0.1) is 0 Å². The van der Waals surface area contributed by atoms with Crippen molar-refractivity contribution in [2.45, 2.75) is 19.5 Å². The molecule has 0 amide bonds. The molecular formula is C11H11F3O4. The topological polar surface area (TPSA) is 63.6 Å². The Labute approximate surface area is 101 Å². The molecule has 18 heavy (non-hydrogen) atoms. The molecule has 0 spiro atoms. The van der Waals surface area contributed by atoms with Crippen molar-refractivity contribution in [3.8, 4) is 5.75 Å². The molecule has 7 heteroatoms. The average molecular weight is 264 g/mol. The van der Waals surface area contributed by atoms with E-state index >= 15 is 0 Å². The van der Waals surface area contributed by atoms with Crippen LogP contribution in [-0.4, -0.2) is 23.2 Å². The van der Waals surface area contributed by atoms with Crippen LogP contribution in [0.4, 0.5) is 13.2 Å². The Hall–Kier alpha value is -2.05. The molecular weight excluding hydrogens is 253 g/mol. The Morgan fingerprint density at radius 3 is 2.00 bits per heavy atom. The van der Waals surface area contributed by atoms with Gasteiger partial charge in [-0.15, -0.1) is 0 Å². The van der Waals surface area contributed by atoms with Crippen LogP contribution in [0, 0.1) is 0 Å². The first-order valence-electron chi connectivity index (χ1n) is 4.83. The molecule has 0 fully saturated rings. The van der Waals surface area contributed by atoms with E-state index in [1.807, 2.05) is 18.2 Å². The summed E-state index contributed by atoms with van der Waals surface area (Å²) >= 11 is 0. The van der Waals surface area contributed by atoms with E-state index in [2.05, 4.69) is 0 Å². The van der Waals surface area contributed by atoms with Crippen LogP contribution in [0.3, 0.4) is 0 Å². The van der Waals surface area contributed by atoms with Gasteiger partial charge in [-0.25, -0.2) is 4.79 Å². The van der Waals surface area contributed by atoms with Crippen LogP contribution in [0.25, 0.3) is 0 Å². The van der Waals surface area contributed by atoms with E-state index in [0.29, 0.717) is 12.2 Å². The van der Waals surface area contributed by atoms with E-state index in [1.165, 1.54) is 0 Å². The number of carboxylic acids is 1. The molecule has 1 N–H and O–H groups in total. The van der Waals surface area contributed by atoms with Crippen LogP contribution in [0.1, 0.15) is 13.3 Å². The van der Waals surface area contributed by atoms with Crippen molar-refractivity contribution in [1.82, 2.24) is 0 Å². The first-order chi connectivity index (χ1) is 8.27. The predicted molar refractivity (Wildman–Crippen MR) is 56.1 cm³/mol. The van der Waals surface area contributed by atoms with Crippen LogP contribution < -0.4 is 4.74 Å². The number of halogens is 3. The number of aliphatic carboxylic acids is 1. The van der Waals surface area contributed by atoms with Crippen LogP contribution in [0.15, 0.2) is 30.3 Å². The van der Waals surface area contributed by atoms with Gasteiger partial charge < -0.3 is 9.84 Å². The van der Waals surface area contributed by atoms with E-state index in [4.69, 9.17) is 14.6 Å². The molecule has 0 aliphatic heterocycles. The van der Waals surface area contributed by atoms with Crippen molar-refractivity contribution >= 4 is 11.9 Å². The van der Waals surface area contributed by atoms with Gasteiger partial charge in [0.2, 0.25) is 0 Å². The highest BCUT2D eigenvalue weighted by Crippen LogP contribution is 2.13. The fraction of sp³-hybridized carbons (Fsp3) is 0.273. The predicted octanol–water partition coefficient (Wildman–Crippen LogP) is 2.64. The van der Waals surface area contributed by atoms with Crippen molar-refractivity contribution in [2.24, 2.45) is 0 Å². The lowest BCUT2D eigenvalue weighted by Gasteiger charge is -1.99. The van der Waals surface area contributed by atoms with Gasteiger partial charge in [-0.2, -0.15) is 13.2 Å². The summed E-state index contributed by atoms with van der Waals surface area (Å²) in [5, 5.41) is 7.12. The summed E-state index contributed by atoms with van der Waals surface area (Å²) in [5.74, 6) is -2.34. The van der Waals surface area contributed by atoms with E-state index in [9.17, 15) is 18.0 Å². The lowest BCUT2D eigenvalue weighted by atomic mass is 10.3. The maximum absolute atomic E-state index is 10.8. The number of benzene rings is 1. The van der Waals surface area contributed by atoms with E-state index in [0.717, 1.165) is 0 Å². The van der Waals surface area contributed by atoms with Crippen LogP contribution >= 0.6 is 0 Å². The number of esters is 1. The number of ether oxygens (including phenoxy) is 1. The average Bonchev–Trinajstić information content (AvgIpc) is 2.29. The molecule has 0 aromatic heterocycles. The third-order valence-corrected chi connectivity index (χ3v) is 1.51. The Bertz CT molecular complexity index is 387. The molecule has 4 nitrogen and oxygen atoms in total. The standard InChI is InChI=1S/C9H10O2.C2HF3O2/c1-2-9(10)11-8-6-4-3-5-7-8;3-2(4,5)1(6)7/h3-7H,2H2,1H3;(H,6,7). The number of hydrogen-bond acceptors (Lipinski definition) is 3. The Morgan fingerprint density at radius 2 is 1.67 bits per heavy atom. The smallest absolute Gasteiger partial charge is 0.475 e. The maximum atomic E-state index is 10.8. The quantitative estimate of drug-likeness (QED) is 0.658. The molecule has 0 saturated carbocycles. The molecule has 0 bridgehead atoms. The van der Waals surface area contributed by atoms with Crippen LogP contribution in [0.2, 0.25) is 0 Å². The number of carboxylic acid groups (broad SMARTS) is 1. The van der Waals surface area contributed by atoms with Gasteiger partial charge in [-0.3, -0.25) is 4.79 Å². The Kier molecular flexibility index (Phi) is 6.48. The first-order valence-corrected chi connectivity index (χ1v) is 4.83. The number of carbonyl (C=O) groups excluding carboxylic acids is 1. The van der Waals surface area contributed by atoms with Gasteiger partial charge in [-0.05, 0) is 12.1 Å². The lowest BCUT2D eigenvalue weighted by molar-refractivity contribution is -0.192. The minimum Gasteiger partial charge on any atom is -0.475 e. The highest BCUT2D eigenvalue weighted by atomic mass is 19.4. The molecule has 0 radical (unpaired) electrons. The zero-order valence-electron chi connectivity index (χ0n) is 9.40. The van der Waals surface area contributed by atoms with E-state index < -0.39 is 12.1 Å².